The topological polar surface area (TPSA) is 30.5 Å². The average molecular weight is 444 g/mol. The quantitative estimate of drug-likeness (QED) is 0.358. The number of benzene rings is 3. The van der Waals surface area contributed by atoms with E-state index in [9.17, 15) is 0 Å². The standard InChI is InChI=1S/C25H27Cl2NO2/c1-3-8-23(18-9-5-4-6-10-18)28-16-19-11-7-12-24(29-2)25(19)30-17-20-13-14-21(26)15-22(20)27/h4-7,9-15,23,28H,3,8,16-17H2,1-2H3. The number of halogens is 2. The molecule has 0 fully saturated rings. The Kier molecular flexibility index (Phi) is 8.44. The summed E-state index contributed by atoms with van der Waals surface area (Å²) in [5.41, 5.74) is 3.20. The van der Waals surface area contributed by atoms with Crippen LogP contribution in [0, 0.1) is 0 Å². The fourth-order valence-corrected chi connectivity index (χ4v) is 3.87. The van der Waals surface area contributed by atoms with Crippen LogP contribution >= 0.6 is 23.2 Å². The Balaban J connectivity index is 1.77. The van der Waals surface area contributed by atoms with E-state index in [0.29, 0.717) is 28.9 Å². The predicted molar refractivity (Wildman–Crippen MR) is 125 cm³/mol. The lowest BCUT2D eigenvalue weighted by Crippen LogP contribution is -2.21. The maximum absolute atomic E-state index is 6.31. The van der Waals surface area contributed by atoms with Gasteiger partial charge in [-0.15, -0.1) is 0 Å². The summed E-state index contributed by atoms with van der Waals surface area (Å²) in [6.45, 7) is 3.20. The Morgan fingerprint density at radius 3 is 2.43 bits per heavy atom. The minimum absolute atomic E-state index is 0.279. The fraction of sp³-hybridized carbons (Fsp3) is 0.280. The molecule has 0 heterocycles. The summed E-state index contributed by atoms with van der Waals surface area (Å²) in [5, 5.41) is 4.88. The van der Waals surface area contributed by atoms with E-state index < -0.39 is 0 Å². The zero-order valence-corrected chi connectivity index (χ0v) is 18.8. The van der Waals surface area contributed by atoms with Gasteiger partial charge in [-0.2, -0.15) is 0 Å². The molecule has 1 N–H and O–H groups in total. The lowest BCUT2D eigenvalue weighted by atomic mass is 10.0. The van der Waals surface area contributed by atoms with Gasteiger partial charge in [-0.05, 0) is 30.2 Å². The average Bonchev–Trinajstić information content (AvgIpc) is 2.77. The molecule has 0 saturated carbocycles. The first-order valence-electron chi connectivity index (χ1n) is 10.1. The van der Waals surface area contributed by atoms with Gasteiger partial charge in [0.2, 0.25) is 0 Å². The third kappa shape index (κ3) is 5.91. The zero-order chi connectivity index (χ0) is 21.3. The van der Waals surface area contributed by atoms with Crippen LogP contribution < -0.4 is 14.8 Å². The van der Waals surface area contributed by atoms with Crippen molar-refractivity contribution in [2.75, 3.05) is 7.11 Å². The molecule has 3 aromatic rings. The van der Waals surface area contributed by atoms with E-state index in [2.05, 4.69) is 42.6 Å². The van der Waals surface area contributed by atoms with Gasteiger partial charge in [-0.3, -0.25) is 0 Å². The van der Waals surface area contributed by atoms with Gasteiger partial charge in [0.05, 0.1) is 7.11 Å². The first-order chi connectivity index (χ1) is 14.6. The smallest absolute Gasteiger partial charge is 0.166 e. The van der Waals surface area contributed by atoms with E-state index in [1.54, 1.807) is 13.2 Å². The van der Waals surface area contributed by atoms with E-state index in [0.717, 1.165) is 29.7 Å². The van der Waals surface area contributed by atoms with Crippen molar-refractivity contribution in [1.82, 2.24) is 5.32 Å². The molecule has 0 aromatic heterocycles. The highest BCUT2D eigenvalue weighted by Gasteiger charge is 2.15. The van der Waals surface area contributed by atoms with Crippen molar-refractivity contribution in [2.45, 2.75) is 39.0 Å². The molecule has 1 atom stereocenters. The Morgan fingerprint density at radius 2 is 1.73 bits per heavy atom. The van der Waals surface area contributed by atoms with Crippen LogP contribution in [0.2, 0.25) is 10.0 Å². The Labute approximate surface area is 188 Å². The number of hydrogen-bond acceptors (Lipinski definition) is 3. The largest absolute Gasteiger partial charge is 0.493 e. The molecule has 0 aliphatic carbocycles. The van der Waals surface area contributed by atoms with Gasteiger partial charge in [-0.1, -0.05) is 85.1 Å². The zero-order valence-electron chi connectivity index (χ0n) is 17.3. The van der Waals surface area contributed by atoms with Crippen LogP contribution in [-0.4, -0.2) is 7.11 Å². The van der Waals surface area contributed by atoms with Crippen LogP contribution in [-0.2, 0) is 13.2 Å². The molecular weight excluding hydrogens is 417 g/mol. The van der Waals surface area contributed by atoms with Crippen molar-refractivity contribution in [1.29, 1.82) is 0 Å². The molecule has 0 aliphatic heterocycles. The number of rotatable bonds is 10. The number of methoxy groups -OCH3 is 1. The van der Waals surface area contributed by atoms with Crippen LogP contribution in [0.5, 0.6) is 11.5 Å². The highest BCUT2D eigenvalue weighted by molar-refractivity contribution is 6.35. The molecule has 30 heavy (non-hydrogen) atoms. The Morgan fingerprint density at radius 1 is 0.933 bits per heavy atom. The van der Waals surface area contributed by atoms with Gasteiger partial charge in [0.1, 0.15) is 6.61 Å². The fourth-order valence-electron chi connectivity index (χ4n) is 3.41. The summed E-state index contributed by atoms with van der Waals surface area (Å²) in [7, 11) is 1.65. The first-order valence-corrected chi connectivity index (χ1v) is 10.9. The van der Waals surface area contributed by atoms with Gasteiger partial charge in [0.15, 0.2) is 11.5 Å². The van der Waals surface area contributed by atoms with Crippen molar-refractivity contribution in [3.05, 3.63) is 93.5 Å². The highest BCUT2D eigenvalue weighted by atomic mass is 35.5. The SMILES string of the molecule is CCCC(NCc1cccc(OC)c1OCc1ccc(Cl)cc1Cl)c1ccccc1. The Hall–Kier alpha value is -2.20. The van der Waals surface area contributed by atoms with Gasteiger partial charge in [0, 0.05) is 33.8 Å². The minimum atomic E-state index is 0.279. The number of para-hydroxylation sites is 1. The Bertz CT molecular complexity index is 947. The molecule has 1 unspecified atom stereocenters. The number of ether oxygens (including phenoxy) is 2. The number of hydrogen-bond donors (Lipinski definition) is 1. The molecule has 0 radical (unpaired) electrons. The van der Waals surface area contributed by atoms with Gasteiger partial charge in [0.25, 0.3) is 0 Å². The van der Waals surface area contributed by atoms with Crippen molar-refractivity contribution in [2.24, 2.45) is 0 Å². The normalized spacial score (nSPS) is 11.9. The summed E-state index contributed by atoms with van der Waals surface area (Å²) in [4.78, 5) is 0. The molecule has 3 aromatic carbocycles. The monoisotopic (exact) mass is 443 g/mol. The molecule has 0 spiro atoms. The number of nitrogens with one attached hydrogen (secondary N) is 1. The van der Waals surface area contributed by atoms with E-state index in [4.69, 9.17) is 32.7 Å². The van der Waals surface area contributed by atoms with Crippen molar-refractivity contribution in [3.8, 4) is 11.5 Å². The van der Waals surface area contributed by atoms with Gasteiger partial charge in [-0.25, -0.2) is 0 Å². The molecule has 5 heteroatoms. The molecule has 3 nitrogen and oxygen atoms in total. The lowest BCUT2D eigenvalue weighted by Gasteiger charge is -2.21. The van der Waals surface area contributed by atoms with Crippen molar-refractivity contribution < 1.29 is 9.47 Å². The molecule has 3 rings (SSSR count). The second-order valence-corrected chi connectivity index (χ2v) is 7.95. The predicted octanol–water partition coefficient (Wildman–Crippen LogP) is 7.21. The second kappa shape index (κ2) is 11.3. The van der Waals surface area contributed by atoms with Crippen LogP contribution in [0.1, 0.15) is 42.5 Å². The van der Waals surface area contributed by atoms with Gasteiger partial charge < -0.3 is 14.8 Å². The van der Waals surface area contributed by atoms with E-state index in [1.165, 1.54) is 5.56 Å². The molecular formula is C25H27Cl2NO2. The van der Waals surface area contributed by atoms with E-state index in [-0.39, 0.29) is 6.04 Å². The maximum atomic E-state index is 6.31. The van der Waals surface area contributed by atoms with Crippen LogP contribution in [0.15, 0.2) is 66.7 Å². The van der Waals surface area contributed by atoms with Crippen LogP contribution in [0.3, 0.4) is 0 Å². The van der Waals surface area contributed by atoms with Crippen molar-refractivity contribution in [3.63, 3.8) is 0 Å². The van der Waals surface area contributed by atoms with Crippen LogP contribution in [0.4, 0.5) is 0 Å². The summed E-state index contributed by atoms with van der Waals surface area (Å²) in [6.07, 6.45) is 2.16. The molecule has 0 bridgehead atoms. The minimum Gasteiger partial charge on any atom is -0.493 e. The molecule has 158 valence electrons. The highest BCUT2D eigenvalue weighted by Crippen LogP contribution is 2.33. The first kappa shape index (κ1) is 22.5. The molecule has 0 saturated heterocycles. The van der Waals surface area contributed by atoms with E-state index in [1.807, 2.05) is 30.3 Å². The molecule has 0 amide bonds. The summed E-state index contributed by atoms with van der Waals surface area (Å²) in [6, 6.07) is 22.2. The van der Waals surface area contributed by atoms with Crippen LogP contribution in [0.25, 0.3) is 0 Å². The summed E-state index contributed by atoms with van der Waals surface area (Å²) in [5.74, 6) is 1.42. The lowest BCUT2D eigenvalue weighted by molar-refractivity contribution is 0.280. The summed E-state index contributed by atoms with van der Waals surface area (Å²) < 4.78 is 11.7. The van der Waals surface area contributed by atoms with E-state index >= 15 is 0 Å². The maximum Gasteiger partial charge on any atom is 0.166 e. The second-order valence-electron chi connectivity index (χ2n) is 7.11. The summed E-state index contributed by atoms with van der Waals surface area (Å²) >= 11 is 12.3. The van der Waals surface area contributed by atoms with Crippen molar-refractivity contribution >= 4 is 23.2 Å². The third-order valence-corrected chi connectivity index (χ3v) is 5.57. The molecule has 0 aliphatic rings. The van der Waals surface area contributed by atoms with Gasteiger partial charge >= 0.3 is 0 Å². The third-order valence-electron chi connectivity index (χ3n) is 4.99.